The molecular weight excluding hydrogens is 392 g/mol. The molecule has 0 spiro atoms. The second-order valence-corrected chi connectivity index (χ2v) is 6.40. The van der Waals surface area contributed by atoms with Crippen LogP contribution in [-0.4, -0.2) is 30.2 Å². The van der Waals surface area contributed by atoms with Crippen molar-refractivity contribution in [1.29, 1.82) is 0 Å². The topological polar surface area (TPSA) is 45.2 Å². The zero-order valence-corrected chi connectivity index (χ0v) is 14.0. The van der Waals surface area contributed by atoms with Crippen molar-refractivity contribution in [3.63, 3.8) is 0 Å². The maximum absolute atomic E-state index is 13.8. The Morgan fingerprint density at radius 2 is 2.17 bits per heavy atom. The number of carbonyl (C=O) groups is 1. The maximum Gasteiger partial charge on any atom is 0.261 e. The fourth-order valence-electron chi connectivity index (χ4n) is 2.27. The first-order valence-corrected chi connectivity index (χ1v) is 7.92. The summed E-state index contributed by atoms with van der Waals surface area (Å²) in [6.45, 7) is 0.447. The number of aromatic nitrogens is 1. The molecule has 0 aliphatic carbocycles. The molecule has 0 saturated carbocycles. The minimum Gasteiger partial charge on any atom is -0.363 e. The summed E-state index contributed by atoms with van der Waals surface area (Å²) < 4.78 is 27.6. The first kappa shape index (κ1) is 16.1. The molecule has 2 heterocycles. The summed E-state index contributed by atoms with van der Waals surface area (Å²) in [5.74, 6) is -1.20. The van der Waals surface area contributed by atoms with Crippen LogP contribution in [0.5, 0.6) is 0 Å². The van der Waals surface area contributed by atoms with Crippen molar-refractivity contribution < 1.29 is 13.6 Å². The lowest BCUT2D eigenvalue weighted by atomic mass is 10.1. The number of nitrogens with one attached hydrogen (secondary N) is 1. The van der Waals surface area contributed by atoms with Gasteiger partial charge in [-0.1, -0.05) is 17.7 Å². The Hall–Kier alpha value is -1.73. The largest absolute Gasteiger partial charge is 0.363 e. The Bertz CT molecular complexity index is 748. The number of pyridine rings is 1. The highest BCUT2D eigenvalue weighted by Crippen LogP contribution is 2.32. The van der Waals surface area contributed by atoms with Gasteiger partial charge in [0.2, 0.25) is 0 Å². The van der Waals surface area contributed by atoms with E-state index in [0.29, 0.717) is 10.2 Å². The van der Waals surface area contributed by atoms with Gasteiger partial charge in [0, 0.05) is 10.7 Å². The van der Waals surface area contributed by atoms with Gasteiger partial charge in [-0.25, -0.2) is 13.8 Å². The van der Waals surface area contributed by atoms with Crippen LogP contribution in [0.25, 0.3) is 0 Å². The Balaban J connectivity index is 1.89. The van der Waals surface area contributed by atoms with Crippen LogP contribution in [0.3, 0.4) is 0 Å². The Morgan fingerprint density at radius 3 is 2.83 bits per heavy atom. The van der Waals surface area contributed by atoms with Gasteiger partial charge < -0.3 is 10.2 Å². The molecule has 1 amide bonds. The molecule has 0 bridgehead atoms. The van der Waals surface area contributed by atoms with Crippen molar-refractivity contribution in [2.75, 3.05) is 23.3 Å². The quantitative estimate of drug-likeness (QED) is 0.842. The van der Waals surface area contributed by atoms with Crippen LogP contribution in [-0.2, 0) is 0 Å². The Morgan fingerprint density at radius 1 is 1.43 bits per heavy atom. The van der Waals surface area contributed by atoms with Crippen molar-refractivity contribution in [3.8, 4) is 0 Å². The van der Waals surface area contributed by atoms with Crippen molar-refractivity contribution >= 4 is 44.9 Å². The highest BCUT2D eigenvalue weighted by molar-refractivity contribution is 9.10. The monoisotopic (exact) mass is 401 g/mol. The number of benzene rings is 1. The molecule has 1 N–H and O–H groups in total. The first-order valence-electron chi connectivity index (χ1n) is 6.75. The molecule has 23 heavy (non-hydrogen) atoms. The molecule has 1 saturated heterocycles. The van der Waals surface area contributed by atoms with Gasteiger partial charge in [0.15, 0.2) is 5.82 Å². The van der Waals surface area contributed by atoms with Crippen LogP contribution in [0.1, 0.15) is 10.4 Å². The number of halogens is 4. The number of anilines is 2. The highest BCUT2D eigenvalue weighted by Gasteiger charge is 2.29. The fraction of sp³-hybridized carbons (Fsp3) is 0.200. The highest BCUT2D eigenvalue weighted by atomic mass is 79.9. The lowest BCUT2D eigenvalue weighted by molar-refractivity contribution is 0.102. The van der Waals surface area contributed by atoms with Crippen LogP contribution in [0, 0.1) is 5.82 Å². The van der Waals surface area contributed by atoms with E-state index in [1.54, 1.807) is 11.0 Å². The molecule has 4 nitrogen and oxygen atoms in total. The summed E-state index contributed by atoms with van der Waals surface area (Å²) in [4.78, 5) is 18.2. The predicted molar refractivity (Wildman–Crippen MR) is 88.4 cm³/mol. The summed E-state index contributed by atoms with van der Waals surface area (Å²) in [6, 6.07) is 5.72. The van der Waals surface area contributed by atoms with Gasteiger partial charge in [0.05, 0.1) is 29.4 Å². The first-order chi connectivity index (χ1) is 11.0. The average Bonchev–Trinajstić information content (AvgIpc) is 2.46. The second-order valence-electron chi connectivity index (χ2n) is 5.07. The molecular formula is C15H11BrClF2N3O. The van der Waals surface area contributed by atoms with Gasteiger partial charge in [-0.15, -0.1) is 0 Å². The standard InChI is InChI=1S/C15H11BrClF2N3O/c16-8-4-12(22-6-9(18)7-22)14(20-5-8)21-15(23)13-10(17)2-1-3-11(13)19/h1-5,9H,6-7H2,(H,20,21,23). The van der Waals surface area contributed by atoms with Gasteiger partial charge in [-0.2, -0.15) is 0 Å². The third kappa shape index (κ3) is 3.30. The number of nitrogens with zero attached hydrogens (tertiary/aromatic N) is 2. The number of hydrogen-bond donors (Lipinski definition) is 1. The Labute approximate surface area is 144 Å². The summed E-state index contributed by atoms with van der Waals surface area (Å²) in [5.41, 5.74) is 0.311. The summed E-state index contributed by atoms with van der Waals surface area (Å²) in [5, 5.41) is 2.55. The average molecular weight is 403 g/mol. The molecule has 1 aliphatic rings. The minimum atomic E-state index is -0.904. The molecule has 0 unspecified atom stereocenters. The molecule has 0 atom stereocenters. The summed E-state index contributed by atoms with van der Waals surface area (Å²) >= 11 is 9.18. The normalized spacial score (nSPS) is 14.5. The summed E-state index contributed by atoms with van der Waals surface area (Å²) in [7, 11) is 0. The van der Waals surface area contributed by atoms with Crippen molar-refractivity contribution in [1.82, 2.24) is 4.98 Å². The van der Waals surface area contributed by atoms with E-state index in [1.165, 1.54) is 18.3 Å². The molecule has 2 aromatic rings. The van der Waals surface area contributed by atoms with Crippen molar-refractivity contribution in [3.05, 3.63) is 51.3 Å². The van der Waals surface area contributed by atoms with Crippen LogP contribution < -0.4 is 10.2 Å². The minimum absolute atomic E-state index is 0.00827. The molecule has 8 heteroatoms. The lowest BCUT2D eigenvalue weighted by Gasteiger charge is -2.37. The van der Waals surface area contributed by atoms with Gasteiger partial charge in [-0.05, 0) is 34.1 Å². The van der Waals surface area contributed by atoms with Crippen LogP contribution >= 0.6 is 27.5 Å². The number of carbonyl (C=O) groups excluding carboxylic acids is 1. The van der Waals surface area contributed by atoms with Crippen molar-refractivity contribution in [2.45, 2.75) is 6.17 Å². The van der Waals surface area contributed by atoms with E-state index in [4.69, 9.17) is 11.6 Å². The zero-order valence-electron chi connectivity index (χ0n) is 11.7. The third-order valence-corrected chi connectivity index (χ3v) is 4.18. The van der Waals surface area contributed by atoms with E-state index in [9.17, 15) is 13.6 Å². The molecule has 3 rings (SSSR count). The number of hydrogen-bond acceptors (Lipinski definition) is 3. The lowest BCUT2D eigenvalue weighted by Crippen LogP contribution is -2.48. The van der Waals surface area contributed by atoms with Gasteiger partial charge in [0.25, 0.3) is 5.91 Å². The second kappa shape index (κ2) is 6.41. The number of alkyl halides is 1. The molecule has 1 aromatic heterocycles. The van der Waals surface area contributed by atoms with E-state index in [-0.39, 0.29) is 29.5 Å². The van der Waals surface area contributed by atoms with Gasteiger partial charge in [0.1, 0.15) is 12.0 Å². The smallest absolute Gasteiger partial charge is 0.261 e. The van der Waals surface area contributed by atoms with Crippen LogP contribution in [0.15, 0.2) is 34.9 Å². The number of amides is 1. The van der Waals surface area contributed by atoms with Gasteiger partial charge >= 0.3 is 0 Å². The van der Waals surface area contributed by atoms with Gasteiger partial charge in [-0.3, -0.25) is 4.79 Å². The molecule has 0 radical (unpaired) electrons. The van der Waals surface area contributed by atoms with E-state index in [1.807, 2.05) is 0 Å². The zero-order chi connectivity index (χ0) is 16.6. The Kier molecular flexibility index (Phi) is 4.50. The molecule has 1 fully saturated rings. The molecule has 1 aliphatic heterocycles. The van der Waals surface area contributed by atoms with Crippen LogP contribution in [0.2, 0.25) is 5.02 Å². The SMILES string of the molecule is O=C(Nc1ncc(Br)cc1N1CC(F)C1)c1c(F)cccc1Cl. The van der Waals surface area contributed by atoms with E-state index < -0.39 is 17.9 Å². The maximum atomic E-state index is 13.8. The predicted octanol–water partition coefficient (Wildman–Crippen LogP) is 4.05. The molecule has 1 aromatic carbocycles. The van der Waals surface area contributed by atoms with E-state index >= 15 is 0 Å². The van der Waals surface area contributed by atoms with E-state index in [2.05, 4.69) is 26.2 Å². The molecule has 120 valence electrons. The third-order valence-electron chi connectivity index (χ3n) is 3.43. The summed E-state index contributed by atoms with van der Waals surface area (Å²) in [6.07, 6.45) is 0.591. The van der Waals surface area contributed by atoms with Crippen LogP contribution in [0.4, 0.5) is 20.3 Å². The van der Waals surface area contributed by atoms with E-state index in [0.717, 1.165) is 6.07 Å². The van der Waals surface area contributed by atoms with Crippen molar-refractivity contribution in [2.24, 2.45) is 0 Å². The number of rotatable bonds is 3. The fourth-order valence-corrected chi connectivity index (χ4v) is 2.84.